The monoisotopic (exact) mass is 791 g/mol. The second-order valence-corrected chi connectivity index (χ2v) is 17.3. The highest BCUT2D eigenvalue weighted by Crippen LogP contribution is 2.45. The van der Waals surface area contributed by atoms with Crippen LogP contribution in [-0.4, -0.2) is 4.57 Å². The van der Waals surface area contributed by atoms with Crippen LogP contribution in [0, 0.1) is 6.92 Å². The standard InChI is InChI=1S/C56H41NO4/c1-32-12-10-19-44-38(32)23-20-36-30-45(54(58)61-53(36)44)33-13-11-14-35(28-33)51-40-15-6-8-17-42(40)52(43-18-9-7-16-41(43)51)49-26-25-48(57(49)5)47-31-46-39-24-22-37(56(2,3)4)29-34(39)21-27-50(46)60-55(47)59/h6-31H,1-5H3. The van der Waals surface area contributed by atoms with Crippen LogP contribution in [-0.2, 0) is 12.5 Å². The van der Waals surface area contributed by atoms with Crippen molar-refractivity contribution in [2.75, 3.05) is 0 Å². The average Bonchev–Trinajstić information content (AvgIpc) is 3.64. The summed E-state index contributed by atoms with van der Waals surface area (Å²) in [4.78, 5) is 27.5. The van der Waals surface area contributed by atoms with E-state index in [1.54, 1.807) is 0 Å². The molecule has 294 valence electrons. The zero-order chi connectivity index (χ0) is 41.7. The molecular formula is C56H41NO4. The summed E-state index contributed by atoms with van der Waals surface area (Å²) in [6, 6.07) is 54.0. The van der Waals surface area contributed by atoms with Crippen LogP contribution >= 0.6 is 0 Å². The van der Waals surface area contributed by atoms with Crippen molar-refractivity contribution in [1.29, 1.82) is 0 Å². The zero-order valence-corrected chi connectivity index (χ0v) is 34.6. The molecule has 5 nitrogen and oxygen atoms in total. The lowest BCUT2D eigenvalue weighted by Gasteiger charge is -2.19. The van der Waals surface area contributed by atoms with Crippen LogP contribution in [0.1, 0.15) is 31.9 Å². The Morgan fingerprint density at radius 3 is 1.82 bits per heavy atom. The van der Waals surface area contributed by atoms with Crippen molar-refractivity contribution in [2.24, 2.45) is 7.05 Å². The maximum absolute atomic E-state index is 13.8. The van der Waals surface area contributed by atoms with E-state index in [-0.39, 0.29) is 16.7 Å². The van der Waals surface area contributed by atoms with Crippen molar-refractivity contribution >= 4 is 65.0 Å². The van der Waals surface area contributed by atoms with Crippen molar-refractivity contribution in [3.05, 3.63) is 190 Å². The van der Waals surface area contributed by atoms with Crippen LogP contribution in [0.15, 0.2) is 176 Å². The molecule has 11 aromatic rings. The molecule has 0 radical (unpaired) electrons. The third-order valence-corrected chi connectivity index (χ3v) is 12.6. The van der Waals surface area contributed by atoms with E-state index in [0.29, 0.717) is 22.3 Å². The average molecular weight is 792 g/mol. The first-order chi connectivity index (χ1) is 29.5. The third-order valence-electron chi connectivity index (χ3n) is 12.6. The Labute approximate surface area is 351 Å². The first-order valence-corrected chi connectivity index (χ1v) is 20.7. The molecule has 0 unspecified atom stereocenters. The molecule has 0 amide bonds. The predicted molar refractivity (Wildman–Crippen MR) is 253 cm³/mol. The Bertz CT molecular complexity index is 3700. The van der Waals surface area contributed by atoms with Crippen LogP contribution < -0.4 is 11.3 Å². The van der Waals surface area contributed by atoms with Gasteiger partial charge in [-0.2, -0.15) is 0 Å². The third kappa shape index (κ3) is 5.76. The van der Waals surface area contributed by atoms with Crippen molar-refractivity contribution in [1.82, 2.24) is 4.57 Å². The molecule has 8 aromatic carbocycles. The van der Waals surface area contributed by atoms with Gasteiger partial charge in [0.05, 0.1) is 16.8 Å². The molecule has 0 saturated heterocycles. The van der Waals surface area contributed by atoms with Gasteiger partial charge in [-0.3, -0.25) is 0 Å². The molecule has 3 heterocycles. The fourth-order valence-electron chi connectivity index (χ4n) is 9.46. The van der Waals surface area contributed by atoms with E-state index in [9.17, 15) is 9.59 Å². The minimum Gasteiger partial charge on any atom is -0.422 e. The van der Waals surface area contributed by atoms with E-state index in [2.05, 4.69) is 129 Å². The summed E-state index contributed by atoms with van der Waals surface area (Å²) in [5.41, 5.74) is 9.55. The Morgan fingerprint density at radius 2 is 1.08 bits per heavy atom. The van der Waals surface area contributed by atoms with Crippen LogP contribution in [0.25, 0.3) is 110 Å². The highest BCUT2D eigenvalue weighted by Gasteiger charge is 2.22. The summed E-state index contributed by atoms with van der Waals surface area (Å²) in [5.74, 6) is 0. The molecule has 0 aliphatic heterocycles. The molecule has 0 spiro atoms. The number of fused-ring (bicyclic) bond motifs is 8. The number of nitrogens with zero attached hydrogens (tertiary/aromatic N) is 1. The molecule has 5 heteroatoms. The van der Waals surface area contributed by atoms with E-state index in [1.807, 2.05) is 67.7 Å². The lowest BCUT2D eigenvalue weighted by molar-refractivity contribution is 0.563. The van der Waals surface area contributed by atoms with Gasteiger partial charge in [0, 0.05) is 34.5 Å². The Balaban J connectivity index is 1.07. The molecule has 0 N–H and O–H groups in total. The van der Waals surface area contributed by atoms with E-state index in [0.717, 1.165) is 93.1 Å². The summed E-state index contributed by atoms with van der Waals surface area (Å²) < 4.78 is 14.2. The zero-order valence-electron chi connectivity index (χ0n) is 34.6. The molecule has 3 aromatic heterocycles. The van der Waals surface area contributed by atoms with Crippen LogP contribution in [0.3, 0.4) is 0 Å². The fraction of sp³-hybridized carbons (Fsp3) is 0.107. The molecule has 0 fully saturated rings. The van der Waals surface area contributed by atoms with Gasteiger partial charge >= 0.3 is 11.3 Å². The van der Waals surface area contributed by atoms with E-state index >= 15 is 0 Å². The first kappa shape index (κ1) is 36.6. The second-order valence-electron chi connectivity index (χ2n) is 17.3. The van der Waals surface area contributed by atoms with Gasteiger partial charge in [0.15, 0.2) is 0 Å². The fourth-order valence-corrected chi connectivity index (χ4v) is 9.46. The van der Waals surface area contributed by atoms with Gasteiger partial charge in [0.1, 0.15) is 11.2 Å². The Morgan fingerprint density at radius 1 is 0.459 bits per heavy atom. The molecule has 0 aliphatic carbocycles. The van der Waals surface area contributed by atoms with Gasteiger partial charge in [-0.25, -0.2) is 9.59 Å². The lowest BCUT2D eigenvalue weighted by atomic mass is 9.85. The Kier molecular flexibility index (Phi) is 8.10. The van der Waals surface area contributed by atoms with Crippen LogP contribution in [0.5, 0.6) is 0 Å². The van der Waals surface area contributed by atoms with E-state index in [4.69, 9.17) is 8.83 Å². The van der Waals surface area contributed by atoms with Gasteiger partial charge < -0.3 is 13.4 Å². The van der Waals surface area contributed by atoms with Gasteiger partial charge in [-0.15, -0.1) is 0 Å². The summed E-state index contributed by atoms with van der Waals surface area (Å²) >= 11 is 0. The maximum Gasteiger partial charge on any atom is 0.345 e. The molecule has 0 atom stereocenters. The Hall–Kier alpha value is -7.50. The quantitative estimate of drug-likeness (QED) is 0.101. The highest BCUT2D eigenvalue weighted by atomic mass is 16.4. The van der Waals surface area contributed by atoms with Crippen LogP contribution in [0.2, 0.25) is 0 Å². The number of hydrogen-bond acceptors (Lipinski definition) is 4. The number of rotatable bonds is 4. The topological polar surface area (TPSA) is 65.3 Å². The minimum atomic E-state index is -0.375. The number of benzene rings is 8. The summed E-state index contributed by atoms with van der Waals surface area (Å²) in [6.45, 7) is 8.71. The molecule has 0 bridgehead atoms. The first-order valence-electron chi connectivity index (χ1n) is 20.7. The van der Waals surface area contributed by atoms with Crippen molar-refractivity contribution in [3.8, 4) is 44.8 Å². The van der Waals surface area contributed by atoms with Gasteiger partial charge in [0.2, 0.25) is 0 Å². The number of aromatic nitrogens is 1. The van der Waals surface area contributed by atoms with Crippen molar-refractivity contribution in [2.45, 2.75) is 33.1 Å². The predicted octanol–water partition coefficient (Wildman–Crippen LogP) is 14.1. The molecule has 11 rings (SSSR count). The van der Waals surface area contributed by atoms with E-state index in [1.165, 1.54) is 5.56 Å². The molecule has 0 aliphatic rings. The highest BCUT2D eigenvalue weighted by molar-refractivity contribution is 6.21. The molecule has 61 heavy (non-hydrogen) atoms. The summed E-state index contributed by atoms with van der Waals surface area (Å²) in [5, 5.41) is 10.3. The summed E-state index contributed by atoms with van der Waals surface area (Å²) in [6.07, 6.45) is 0. The van der Waals surface area contributed by atoms with Crippen LogP contribution in [0.4, 0.5) is 0 Å². The van der Waals surface area contributed by atoms with Crippen molar-refractivity contribution < 1.29 is 8.83 Å². The smallest absolute Gasteiger partial charge is 0.345 e. The maximum atomic E-state index is 13.8. The number of aryl methyl sites for hydroxylation is 1. The molecular weight excluding hydrogens is 751 g/mol. The molecule has 0 saturated carbocycles. The number of hydrogen-bond donors (Lipinski definition) is 0. The largest absolute Gasteiger partial charge is 0.422 e. The minimum absolute atomic E-state index is 0.0134. The van der Waals surface area contributed by atoms with E-state index < -0.39 is 0 Å². The normalized spacial score (nSPS) is 12.1. The SMILES string of the molecule is Cc1cccc2c1ccc1cc(-c3cccc(-c4c5ccccc5c(-c5ccc(-c6cc7c(ccc8cc(C(C)(C)C)ccc87)oc6=O)n5C)c5ccccc45)c3)c(=O)oc12. The lowest BCUT2D eigenvalue weighted by Crippen LogP contribution is -2.10. The van der Waals surface area contributed by atoms with Gasteiger partial charge in [-0.05, 0) is 114 Å². The van der Waals surface area contributed by atoms with Gasteiger partial charge in [-0.1, -0.05) is 142 Å². The second kappa shape index (κ2) is 13.5. The van der Waals surface area contributed by atoms with Gasteiger partial charge in [0.25, 0.3) is 0 Å². The summed E-state index contributed by atoms with van der Waals surface area (Å²) in [7, 11) is 2.02. The van der Waals surface area contributed by atoms with Crippen molar-refractivity contribution in [3.63, 3.8) is 0 Å².